The van der Waals surface area contributed by atoms with E-state index in [0.29, 0.717) is 11.8 Å². The average molecular weight is 250 g/mol. The number of nitrogens with zero attached hydrogens (tertiary/aromatic N) is 3. The average Bonchev–Trinajstić information content (AvgIpc) is 2.28. The second kappa shape index (κ2) is 7.31. The Morgan fingerprint density at radius 1 is 1.06 bits per heavy atom. The highest BCUT2D eigenvalue weighted by molar-refractivity contribution is 5.37. The fourth-order valence-corrected chi connectivity index (χ4v) is 1.94. The van der Waals surface area contributed by atoms with Crippen LogP contribution in [-0.4, -0.2) is 30.3 Å². The molecular weight excluding hydrogens is 224 g/mol. The number of hydrogen-bond acceptors (Lipinski definition) is 4. The van der Waals surface area contributed by atoms with E-state index in [-0.39, 0.29) is 0 Å². The molecule has 0 aliphatic heterocycles. The van der Waals surface area contributed by atoms with Crippen molar-refractivity contribution in [1.29, 1.82) is 0 Å². The van der Waals surface area contributed by atoms with Crippen molar-refractivity contribution >= 4 is 5.82 Å². The minimum atomic E-state index is 0.627. The summed E-state index contributed by atoms with van der Waals surface area (Å²) in [4.78, 5) is 2.32. The van der Waals surface area contributed by atoms with Crippen molar-refractivity contribution in [3.63, 3.8) is 0 Å². The van der Waals surface area contributed by atoms with Crippen molar-refractivity contribution in [2.45, 2.75) is 34.2 Å². The summed E-state index contributed by atoms with van der Waals surface area (Å²) in [5, 5.41) is 11.7. The van der Waals surface area contributed by atoms with Gasteiger partial charge in [-0.25, -0.2) is 0 Å². The summed E-state index contributed by atoms with van der Waals surface area (Å²) in [6, 6.07) is 4.12. The van der Waals surface area contributed by atoms with Crippen LogP contribution in [0.3, 0.4) is 0 Å². The summed E-state index contributed by atoms with van der Waals surface area (Å²) in [5.74, 6) is 2.24. The van der Waals surface area contributed by atoms with E-state index in [4.69, 9.17) is 0 Å². The smallest absolute Gasteiger partial charge is 0.151 e. The van der Waals surface area contributed by atoms with Crippen LogP contribution in [0.1, 0.15) is 33.4 Å². The Labute approximate surface area is 111 Å². The van der Waals surface area contributed by atoms with Gasteiger partial charge in [0.2, 0.25) is 0 Å². The molecule has 18 heavy (non-hydrogen) atoms. The first kappa shape index (κ1) is 14.9. The lowest BCUT2D eigenvalue weighted by Gasteiger charge is -2.27. The Kier molecular flexibility index (Phi) is 6.05. The molecule has 0 saturated carbocycles. The van der Waals surface area contributed by atoms with Gasteiger partial charge in [0.25, 0.3) is 0 Å². The van der Waals surface area contributed by atoms with Gasteiger partial charge in [-0.3, -0.25) is 0 Å². The van der Waals surface area contributed by atoms with Gasteiger partial charge in [-0.15, -0.1) is 5.10 Å². The molecule has 0 aromatic carbocycles. The van der Waals surface area contributed by atoms with E-state index in [1.165, 1.54) is 0 Å². The van der Waals surface area contributed by atoms with Gasteiger partial charge in [0.1, 0.15) is 0 Å². The zero-order valence-corrected chi connectivity index (χ0v) is 12.3. The molecule has 1 aromatic rings. The third-order valence-electron chi connectivity index (χ3n) is 2.56. The van der Waals surface area contributed by atoms with Gasteiger partial charge < -0.3 is 10.2 Å². The van der Waals surface area contributed by atoms with Gasteiger partial charge in [-0.2, -0.15) is 5.10 Å². The summed E-state index contributed by atoms with van der Waals surface area (Å²) in [7, 11) is 1.92. The first-order chi connectivity index (χ1) is 8.52. The Balaban J connectivity index is 2.77. The lowest BCUT2D eigenvalue weighted by Crippen LogP contribution is -2.32. The van der Waals surface area contributed by atoms with Crippen LogP contribution in [0.25, 0.3) is 0 Å². The summed E-state index contributed by atoms with van der Waals surface area (Å²) >= 11 is 0. The van der Waals surface area contributed by atoms with Crippen LogP contribution in [0.4, 0.5) is 5.82 Å². The highest BCUT2D eigenvalue weighted by atomic mass is 15.3. The Morgan fingerprint density at radius 3 is 2.06 bits per heavy atom. The predicted octanol–water partition coefficient (Wildman–Crippen LogP) is 2.31. The molecule has 102 valence electrons. The molecule has 4 heteroatoms. The highest BCUT2D eigenvalue weighted by Crippen LogP contribution is 2.14. The van der Waals surface area contributed by atoms with Crippen LogP contribution in [-0.2, 0) is 6.54 Å². The minimum Gasteiger partial charge on any atom is -0.355 e. The molecule has 0 aliphatic carbocycles. The molecule has 4 nitrogen and oxygen atoms in total. The maximum atomic E-state index is 4.34. The van der Waals surface area contributed by atoms with Crippen molar-refractivity contribution < 1.29 is 0 Å². The third-order valence-corrected chi connectivity index (χ3v) is 2.56. The molecule has 1 N–H and O–H groups in total. The molecule has 1 heterocycles. The minimum absolute atomic E-state index is 0.627. The number of hydrogen-bond donors (Lipinski definition) is 1. The molecular formula is C14H26N4. The Hall–Kier alpha value is -1.16. The van der Waals surface area contributed by atoms with Crippen LogP contribution in [0.2, 0.25) is 0 Å². The molecule has 0 fully saturated rings. The summed E-state index contributed by atoms with van der Waals surface area (Å²) in [6.07, 6.45) is 0. The molecule has 0 bridgehead atoms. The number of nitrogens with one attached hydrogen (secondary N) is 1. The molecule has 0 aliphatic rings. The number of rotatable bonds is 7. The van der Waals surface area contributed by atoms with Crippen molar-refractivity contribution in [2.75, 3.05) is 25.0 Å². The van der Waals surface area contributed by atoms with Crippen LogP contribution >= 0.6 is 0 Å². The van der Waals surface area contributed by atoms with Gasteiger partial charge in [0.05, 0.1) is 5.69 Å². The van der Waals surface area contributed by atoms with Crippen LogP contribution in [0.15, 0.2) is 12.1 Å². The largest absolute Gasteiger partial charge is 0.355 e. The number of anilines is 1. The topological polar surface area (TPSA) is 41.0 Å². The van der Waals surface area contributed by atoms with Crippen molar-refractivity contribution in [2.24, 2.45) is 11.8 Å². The van der Waals surface area contributed by atoms with Crippen LogP contribution < -0.4 is 10.2 Å². The van der Waals surface area contributed by atoms with Crippen LogP contribution in [0.5, 0.6) is 0 Å². The highest BCUT2D eigenvalue weighted by Gasteiger charge is 2.12. The van der Waals surface area contributed by atoms with E-state index in [9.17, 15) is 0 Å². The summed E-state index contributed by atoms with van der Waals surface area (Å²) in [5.41, 5.74) is 0.982. The van der Waals surface area contributed by atoms with E-state index < -0.39 is 0 Å². The van der Waals surface area contributed by atoms with Gasteiger partial charge in [0, 0.05) is 19.6 Å². The Bertz CT molecular complexity index is 322. The standard InChI is InChI=1S/C14H26N4/c1-11(2)9-18(10-12(3)4)14-7-6-13(8-15-5)16-17-14/h6-7,11-12,15H,8-10H2,1-5H3. The molecule has 0 saturated heterocycles. The van der Waals surface area contributed by atoms with Crippen molar-refractivity contribution in [1.82, 2.24) is 15.5 Å². The SMILES string of the molecule is CNCc1ccc(N(CC(C)C)CC(C)C)nn1. The lowest BCUT2D eigenvalue weighted by molar-refractivity contribution is 0.546. The first-order valence-corrected chi connectivity index (χ1v) is 6.75. The second-order valence-corrected chi connectivity index (χ2v) is 5.61. The quantitative estimate of drug-likeness (QED) is 0.806. The molecule has 0 amide bonds. The van der Waals surface area contributed by atoms with Gasteiger partial charge >= 0.3 is 0 Å². The first-order valence-electron chi connectivity index (χ1n) is 6.75. The van der Waals surface area contributed by atoms with E-state index in [0.717, 1.165) is 31.1 Å². The maximum absolute atomic E-state index is 4.34. The normalized spacial score (nSPS) is 11.3. The molecule has 0 spiro atoms. The maximum Gasteiger partial charge on any atom is 0.151 e. The van der Waals surface area contributed by atoms with Crippen molar-refractivity contribution in [3.05, 3.63) is 17.8 Å². The van der Waals surface area contributed by atoms with E-state index in [2.05, 4.69) is 54.2 Å². The van der Waals surface area contributed by atoms with E-state index in [1.54, 1.807) is 0 Å². The molecule has 0 radical (unpaired) electrons. The molecule has 1 rings (SSSR count). The van der Waals surface area contributed by atoms with Crippen molar-refractivity contribution in [3.8, 4) is 0 Å². The molecule has 0 unspecified atom stereocenters. The van der Waals surface area contributed by atoms with Gasteiger partial charge in [-0.05, 0) is 31.0 Å². The number of aromatic nitrogens is 2. The second-order valence-electron chi connectivity index (χ2n) is 5.61. The van der Waals surface area contributed by atoms with Gasteiger partial charge in [0.15, 0.2) is 5.82 Å². The summed E-state index contributed by atoms with van der Waals surface area (Å²) in [6.45, 7) is 11.7. The third kappa shape index (κ3) is 5.00. The van der Waals surface area contributed by atoms with Gasteiger partial charge in [-0.1, -0.05) is 27.7 Å². The Morgan fingerprint density at radius 2 is 1.67 bits per heavy atom. The van der Waals surface area contributed by atoms with E-state index in [1.807, 2.05) is 13.1 Å². The van der Waals surface area contributed by atoms with E-state index >= 15 is 0 Å². The zero-order chi connectivity index (χ0) is 13.5. The fraction of sp³-hybridized carbons (Fsp3) is 0.714. The predicted molar refractivity (Wildman–Crippen MR) is 76.7 cm³/mol. The lowest BCUT2D eigenvalue weighted by atomic mass is 10.1. The summed E-state index contributed by atoms with van der Waals surface area (Å²) < 4.78 is 0. The van der Waals surface area contributed by atoms with Crippen LogP contribution in [0, 0.1) is 11.8 Å². The molecule has 1 aromatic heterocycles. The fourth-order valence-electron chi connectivity index (χ4n) is 1.94. The monoisotopic (exact) mass is 250 g/mol. The zero-order valence-electron chi connectivity index (χ0n) is 12.3. The molecule has 0 atom stereocenters.